The standard InChI is InChI=1S/C23H27F2N3O2/c1-22(2)16(7-8-23(22,3)21(30)28-11-14(12-28)13-29)15-9-19(27-26-10-15)20-17(24)5-4-6-18(20)25/h4-6,9-10,14,16,29H,7-8,11-13H2,1-3H3/t16-,23-/m1/s1. The Morgan fingerprint density at radius 3 is 2.53 bits per heavy atom. The third-order valence-corrected chi connectivity index (χ3v) is 7.50. The van der Waals surface area contributed by atoms with E-state index >= 15 is 0 Å². The van der Waals surface area contributed by atoms with Crippen molar-refractivity contribution in [3.63, 3.8) is 0 Å². The van der Waals surface area contributed by atoms with Gasteiger partial charge in [0, 0.05) is 25.6 Å². The van der Waals surface area contributed by atoms with Gasteiger partial charge in [0.05, 0.1) is 22.9 Å². The molecule has 7 heteroatoms. The smallest absolute Gasteiger partial charge is 0.229 e. The monoisotopic (exact) mass is 415 g/mol. The number of amides is 1. The summed E-state index contributed by atoms with van der Waals surface area (Å²) in [6.07, 6.45) is 3.13. The second kappa shape index (κ2) is 7.38. The molecule has 1 saturated heterocycles. The largest absolute Gasteiger partial charge is 0.396 e. The van der Waals surface area contributed by atoms with E-state index in [9.17, 15) is 18.7 Å². The summed E-state index contributed by atoms with van der Waals surface area (Å²) in [5.41, 5.74) is -0.141. The van der Waals surface area contributed by atoms with Crippen molar-refractivity contribution in [1.29, 1.82) is 0 Å². The normalized spacial score (nSPS) is 25.9. The number of aromatic nitrogens is 2. The summed E-state index contributed by atoms with van der Waals surface area (Å²) in [5.74, 6) is -1.07. The second-order valence-electron chi connectivity index (χ2n) is 9.37. The van der Waals surface area contributed by atoms with Gasteiger partial charge in [0.15, 0.2) is 0 Å². The van der Waals surface area contributed by atoms with Gasteiger partial charge in [-0.2, -0.15) is 10.2 Å². The molecule has 1 saturated carbocycles. The topological polar surface area (TPSA) is 66.3 Å². The lowest BCUT2D eigenvalue weighted by atomic mass is 9.63. The van der Waals surface area contributed by atoms with Crippen molar-refractivity contribution in [1.82, 2.24) is 15.1 Å². The Morgan fingerprint density at radius 1 is 1.23 bits per heavy atom. The van der Waals surface area contributed by atoms with E-state index in [4.69, 9.17) is 0 Å². The van der Waals surface area contributed by atoms with Crippen LogP contribution in [0, 0.1) is 28.4 Å². The number of carbonyl (C=O) groups is 1. The summed E-state index contributed by atoms with van der Waals surface area (Å²) in [4.78, 5) is 15.1. The number of nitrogens with zero attached hydrogens (tertiary/aromatic N) is 3. The molecular weight excluding hydrogens is 388 g/mol. The molecule has 1 aliphatic heterocycles. The predicted molar refractivity (Wildman–Crippen MR) is 108 cm³/mol. The quantitative estimate of drug-likeness (QED) is 0.825. The molecule has 2 atom stereocenters. The minimum atomic E-state index is -0.677. The number of aliphatic hydroxyl groups excluding tert-OH is 1. The van der Waals surface area contributed by atoms with Crippen LogP contribution in [0.2, 0.25) is 0 Å². The van der Waals surface area contributed by atoms with E-state index in [1.807, 2.05) is 11.8 Å². The van der Waals surface area contributed by atoms with Gasteiger partial charge in [0.1, 0.15) is 11.6 Å². The summed E-state index contributed by atoms with van der Waals surface area (Å²) in [6, 6.07) is 5.42. The van der Waals surface area contributed by atoms with Crippen LogP contribution >= 0.6 is 0 Å². The Labute approximate surface area is 175 Å². The molecule has 2 aliphatic rings. The number of rotatable bonds is 4. The van der Waals surface area contributed by atoms with Gasteiger partial charge in [-0.05, 0) is 47.9 Å². The highest BCUT2D eigenvalue weighted by Crippen LogP contribution is 2.60. The summed E-state index contributed by atoms with van der Waals surface area (Å²) in [5, 5.41) is 17.2. The zero-order valence-electron chi connectivity index (χ0n) is 17.5. The molecular formula is C23H27F2N3O2. The molecule has 1 aliphatic carbocycles. The number of hydrogen-bond acceptors (Lipinski definition) is 4. The van der Waals surface area contributed by atoms with E-state index in [2.05, 4.69) is 24.0 Å². The van der Waals surface area contributed by atoms with Crippen molar-refractivity contribution in [2.75, 3.05) is 19.7 Å². The molecule has 2 heterocycles. The number of likely N-dealkylation sites (tertiary alicyclic amines) is 1. The van der Waals surface area contributed by atoms with Crippen LogP contribution in [-0.4, -0.2) is 45.8 Å². The molecule has 1 aromatic heterocycles. The van der Waals surface area contributed by atoms with Gasteiger partial charge in [-0.3, -0.25) is 4.79 Å². The van der Waals surface area contributed by atoms with Crippen LogP contribution in [0.3, 0.4) is 0 Å². The van der Waals surface area contributed by atoms with E-state index in [1.165, 1.54) is 18.2 Å². The molecule has 0 unspecified atom stereocenters. The van der Waals surface area contributed by atoms with E-state index in [0.29, 0.717) is 13.1 Å². The van der Waals surface area contributed by atoms with Crippen LogP contribution in [0.15, 0.2) is 30.5 Å². The fourth-order valence-corrected chi connectivity index (χ4v) is 5.10. The van der Waals surface area contributed by atoms with Crippen LogP contribution in [0.5, 0.6) is 0 Å². The summed E-state index contributed by atoms with van der Waals surface area (Å²) in [6.45, 7) is 7.46. The third kappa shape index (κ3) is 3.11. The molecule has 1 aromatic carbocycles. The summed E-state index contributed by atoms with van der Waals surface area (Å²) >= 11 is 0. The first-order valence-corrected chi connectivity index (χ1v) is 10.4. The fourth-order valence-electron chi connectivity index (χ4n) is 5.10. The zero-order chi connectivity index (χ0) is 21.7. The molecule has 2 aromatic rings. The predicted octanol–water partition coefficient (Wildman–Crippen LogP) is 3.78. The van der Waals surface area contributed by atoms with E-state index < -0.39 is 17.0 Å². The number of halogens is 2. The molecule has 4 rings (SSSR count). The van der Waals surface area contributed by atoms with Crippen molar-refractivity contribution in [3.8, 4) is 11.3 Å². The van der Waals surface area contributed by atoms with Gasteiger partial charge in [-0.15, -0.1) is 0 Å². The van der Waals surface area contributed by atoms with Gasteiger partial charge >= 0.3 is 0 Å². The van der Waals surface area contributed by atoms with E-state index in [0.717, 1.165) is 18.4 Å². The first-order chi connectivity index (χ1) is 14.2. The van der Waals surface area contributed by atoms with E-state index in [1.54, 1.807) is 12.3 Å². The lowest BCUT2D eigenvalue weighted by Gasteiger charge is -2.48. The van der Waals surface area contributed by atoms with E-state index in [-0.39, 0.29) is 41.0 Å². The number of benzene rings is 1. The van der Waals surface area contributed by atoms with Crippen molar-refractivity contribution in [2.45, 2.75) is 39.5 Å². The zero-order valence-corrected chi connectivity index (χ0v) is 17.5. The van der Waals surface area contributed by atoms with Crippen molar-refractivity contribution >= 4 is 5.91 Å². The highest BCUT2D eigenvalue weighted by Gasteiger charge is 2.58. The van der Waals surface area contributed by atoms with Crippen molar-refractivity contribution < 1.29 is 18.7 Å². The van der Waals surface area contributed by atoms with Crippen molar-refractivity contribution in [2.24, 2.45) is 16.7 Å². The van der Waals surface area contributed by atoms with Crippen molar-refractivity contribution in [3.05, 3.63) is 47.7 Å². The Hall–Kier alpha value is -2.41. The Balaban J connectivity index is 1.64. The SMILES string of the molecule is CC1(C)[C@@H](c2cnnc(-c3c(F)cccc3F)c2)CC[C@]1(C)C(=O)N1CC(CO)C1. The minimum Gasteiger partial charge on any atom is -0.396 e. The molecule has 5 nitrogen and oxygen atoms in total. The first kappa shape index (κ1) is 20.8. The third-order valence-electron chi connectivity index (χ3n) is 7.50. The molecule has 0 bridgehead atoms. The average Bonchev–Trinajstić information content (AvgIpc) is 2.91. The lowest BCUT2D eigenvalue weighted by molar-refractivity contribution is -0.154. The van der Waals surface area contributed by atoms with Crippen LogP contribution in [-0.2, 0) is 4.79 Å². The second-order valence-corrected chi connectivity index (χ2v) is 9.37. The fraction of sp³-hybridized carbons (Fsp3) is 0.522. The summed E-state index contributed by atoms with van der Waals surface area (Å²) < 4.78 is 28.5. The van der Waals surface area contributed by atoms with Gasteiger partial charge in [-0.25, -0.2) is 8.78 Å². The molecule has 1 amide bonds. The number of hydrogen-bond donors (Lipinski definition) is 1. The maximum Gasteiger partial charge on any atom is 0.229 e. The molecule has 30 heavy (non-hydrogen) atoms. The first-order valence-electron chi connectivity index (χ1n) is 10.4. The molecule has 0 spiro atoms. The van der Waals surface area contributed by atoms with Crippen LogP contribution in [0.25, 0.3) is 11.3 Å². The van der Waals surface area contributed by atoms with Gasteiger partial charge < -0.3 is 10.0 Å². The maximum atomic E-state index is 14.2. The highest BCUT2D eigenvalue weighted by atomic mass is 19.1. The van der Waals surface area contributed by atoms with Gasteiger partial charge in [0.2, 0.25) is 5.91 Å². The lowest BCUT2D eigenvalue weighted by Crippen LogP contribution is -2.58. The molecule has 1 N–H and O–H groups in total. The number of aliphatic hydroxyl groups is 1. The van der Waals surface area contributed by atoms with Gasteiger partial charge in [0.25, 0.3) is 0 Å². The Morgan fingerprint density at radius 2 is 1.90 bits per heavy atom. The highest BCUT2D eigenvalue weighted by molar-refractivity contribution is 5.84. The number of carbonyl (C=O) groups excluding carboxylic acids is 1. The van der Waals surface area contributed by atoms with Crippen LogP contribution < -0.4 is 0 Å². The Bertz CT molecular complexity index is 954. The molecule has 2 fully saturated rings. The molecule has 160 valence electrons. The minimum absolute atomic E-state index is 0.00505. The average molecular weight is 415 g/mol. The van der Waals surface area contributed by atoms with Crippen LogP contribution in [0.4, 0.5) is 8.78 Å². The molecule has 0 radical (unpaired) electrons. The maximum absolute atomic E-state index is 14.2. The summed E-state index contributed by atoms with van der Waals surface area (Å²) in [7, 11) is 0. The van der Waals surface area contributed by atoms with Crippen LogP contribution in [0.1, 0.15) is 45.1 Å². The Kier molecular flexibility index (Phi) is 5.12. The van der Waals surface area contributed by atoms with Gasteiger partial charge in [-0.1, -0.05) is 26.8 Å².